The number of carbonyl (C=O) groups is 1. The van der Waals surface area contributed by atoms with Gasteiger partial charge in [-0.05, 0) is 177 Å². The number of nitrogens with two attached hydrogens (primary N) is 1. The van der Waals surface area contributed by atoms with Gasteiger partial charge in [-0.25, -0.2) is 0 Å². The number of nitrogens with zero attached hydrogens (tertiary/aromatic N) is 1. The maximum Gasteiger partial charge on any atom is 0.222 e. The summed E-state index contributed by atoms with van der Waals surface area (Å²) in [7, 11) is 0. The molecule has 0 saturated heterocycles. The highest BCUT2D eigenvalue weighted by atomic mass is 16.3. The van der Waals surface area contributed by atoms with Crippen molar-refractivity contribution < 1.29 is 9.90 Å². The summed E-state index contributed by atoms with van der Waals surface area (Å²) in [5.41, 5.74) is 6.24. The van der Waals surface area contributed by atoms with Crippen LogP contribution in [0.5, 0.6) is 0 Å². The lowest BCUT2D eigenvalue weighted by molar-refractivity contribution is -0.167. The van der Waals surface area contributed by atoms with Crippen LogP contribution in [0.3, 0.4) is 0 Å². The minimum atomic E-state index is -0.145. The molecule has 0 aromatic heterocycles. The Balaban J connectivity index is 1.23. The third kappa shape index (κ3) is 8.21. The maximum atomic E-state index is 12.7. The number of fused-ring (bicyclic) bond motifs is 5. The van der Waals surface area contributed by atoms with E-state index in [0.717, 1.165) is 71.6 Å². The number of amides is 1. The van der Waals surface area contributed by atoms with Crippen LogP contribution in [0.15, 0.2) is 0 Å². The largest absolute Gasteiger partial charge is 0.393 e. The standard InChI is InChI=1S/C37H71N5O2/c1-6-42(7-2)34(44)14-11-27(3)30-12-13-31-35-32(16-18-37(30,31)5)36(4)17-15-29(25-28(36)26-33(35)43)41-24-10-23-40-22-9-21-39-20-8-19-38/h27-33,35,39-41,43H,6-26,38H2,1-5H3/t27-,28?,29+,30?,31?,32?,33-,35?,36+,37-/m1/s1. The van der Waals surface area contributed by atoms with E-state index in [1.165, 1.54) is 57.8 Å². The summed E-state index contributed by atoms with van der Waals surface area (Å²) in [6, 6.07) is 0.605. The van der Waals surface area contributed by atoms with E-state index >= 15 is 0 Å². The van der Waals surface area contributed by atoms with Gasteiger partial charge in [0.25, 0.3) is 0 Å². The molecule has 4 saturated carbocycles. The van der Waals surface area contributed by atoms with Gasteiger partial charge in [0.2, 0.25) is 5.91 Å². The van der Waals surface area contributed by atoms with Gasteiger partial charge in [-0.2, -0.15) is 0 Å². The fourth-order valence-electron chi connectivity index (χ4n) is 11.0. The molecule has 7 heteroatoms. The van der Waals surface area contributed by atoms with Crippen LogP contribution in [0.2, 0.25) is 0 Å². The van der Waals surface area contributed by atoms with E-state index in [9.17, 15) is 9.90 Å². The third-order valence-corrected chi connectivity index (χ3v) is 13.6. The first-order valence-corrected chi connectivity index (χ1v) is 19.0. The SMILES string of the molecule is CCN(CC)C(=O)CC[C@@H](C)C1CCC2C3C(CC[C@@]21C)[C@@]1(C)CC[C@H](NCCCNCCCNCCCN)CC1C[C@H]3O. The summed E-state index contributed by atoms with van der Waals surface area (Å²) in [5.74, 6) is 4.00. The van der Waals surface area contributed by atoms with Gasteiger partial charge < -0.3 is 31.7 Å². The molecule has 0 heterocycles. The Morgan fingerprint density at radius 1 is 0.886 bits per heavy atom. The van der Waals surface area contributed by atoms with Crippen LogP contribution in [-0.2, 0) is 4.79 Å². The van der Waals surface area contributed by atoms with E-state index in [-0.39, 0.29) is 6.10 Å². The zero-order chi connectivity index (χ0) is 31.7. The van der Waals surface area contributed by atoms with Crippen molar-refractivity contribution in [3.63, 3.8) is 0 Å². The van der Waals surface area contributed by atoms with Gasteiger partial charge in [-0.15, -0.1) is 0 Å². The van der Waals surface area contributed by atoms with Crippen LogP contribution in [0, 0.1) is 46.3 Å². The molecule has 0 spiro atoms. The van der Waals surface area contributed by atoms with E-state index in [2.05, 4.69) is 50.6 Å². The summed E-state index contributed by atoms with van der Waals surface area (Å²) >= 11 is 0. The molecule has 4 fully saturated rings. The fraction of sp³-hybridized carbons (Fsp3) is 0.973. The fourth-order valence-corrected chi connectivity index (χ4v) is 11.0. The second kappa shape index (κ2) is 16.9. The Morgan fingerprint density at radius 2 is 1.52 bits per heavy atom. The van der Waals surface area contributed by atoms with E-state index in [0.29, 0.717) is 64.7 Å². The van der Waals surface area contributed by atoms with Gasteiger partial charge in [0.15, 0.2) is 0 Å². The number of carbonyl (C=O) groups excluding carboxylic acids is 1. The van der Waals surface area contributed by atoms with Crippen molar-refractivity contribution >= 4 is 5.91 Å². The Hall–Kier alpha value is -0.730. The first-order valence-electron chi connectivity index (χ1n) is 19.0. The third-order valence-electron chi connectivity index (χ3n) is 13.6. The number of hydrogen-bond acceptors (Lipinski definition) is 6. The molecule has 4 aliphatic carbocycles. The molecule has 1 amide bonds. The second-order valence-electron chi connectivity index (χ2n) is 15.9. The van der Waals surface area contributed by atoms with Crippen molar-refractivity contribution in [2.45, 2.75) is 130 Å². The van der Waals surface area contributed by atoms with Crippen LogP contribution in [-0.4, -0.2) is 80.4 Å². The molecule has 0 aliphatic heterocycles. The summed E-state index contributed by atoms with van der Waals surface area (Å²) in [4.78, 5) is 14.7. The minimum absolute atomic E-state index is 0.145. The molecule has 0 bridgehead atoms. The number of aliphatic hydroxyl groups excluding tert-OH is 1. The van der Waals surface area contributed by atoms with Gasteiger partial charge in [0.1, 0.15) is 0 Å². The first-order chi connectivity index (χ1) is 21.2. The van der Waals surface area contributed by atoms with E-state index < -0.39 is 0 Å². The van der Waals surface area contributed by atoms with E-state index in [1.54, 1.807) is 0 Å². The number of aliphatic hydroxyl groups is 1. The van der Waals surface area contributed by atoms with Crippen LogP contribution in [0.1, 0.15) is 118 Å². The Bertz CT molecular complexity index is 869. The lowest BCUT2D eigenvalue weighted by Gasteiger charge is -2.62. The molecule has 0 aromatic rings. The van der Waals surface area contributed by atoms with E-state index in [1.807, 2.05) is 4.90 Å². The monoisotopic (exact) mass is 618 g/mol. The Morgan fingerprint density at radius 3 is 2.20 bits per heavy atom. The van der Waals surface area contributed by atoms with Crippen molar-refractivity contribution in [3.8, 4) is 0 Å². The van der Waals surface area contributed by atoms with Gasteiger partial charge >= 0.3 is 0 Å². The first kappa shape index (κ1) is 36.1. The highest BCUT2D eigenvalue weighted by molar-refractivity contribution is 5.76. The normalized spacial score (nSPS) is 37.2. The number of rotatable bonds is 18. The molecule has 7 nitrogen and oxygen atoms in total. The summed E-state index contributed by atoms with van der Waals surface area (Å²) < 4.78 is 0. The minimum Gasteiger partial charge on any atom is -0.393 e. The number of nitrogens with one attached hydrogen (secondary N) is 3. The van der Waals surface area contributed by atoms with Crippen LogP contribution in [0.4, 0.5) is 0 Å². The maximum absolute atomic E-state index is 12.7. The molecule has 0 aromatic carbocycles. The molecule has 256 valence electrons. The molecule has 6 N–H and O–H groups in total. The summed E-state index contributed by atoms with van der Waals surface area (Å²) in [6.45, 7) is 19.5. The average molecular weight is 618 g/mol. The van der Waals surface area contributed by atoms with Gasteiger partial charge in [-0.1, -0.05) is 20.8 Å². The van der Waals surface area contributed by atoms with Gasteiger partial charge in [0.05, 0.1) is 6.10 Å². The smallest absolute Gasteiger partial charge is 0.222 e. The van der Waals surface area contributed by atoms with Gasteiger partial charge in [0, 0.05) is 25.6 Å². The Kier molecular flexibility index (Phi) is 13.9. The summed E-state index contributed by atoms with van der Waals surface area (Å²) in [6.07, 6.45) is 15.0. The average Bonchev–Trinajstić information content (AvgIpc) is 3.37. The van der Waals surface area contributed by atoms with Crippen molar-refractivity contribution in [2.24, 2.45) is 52.1 Å². The number of hydrogen-bond donors (Lipinski definition) is 5. The lowest BCUT2D eigenvalue weighted by Crippen LogP contribution is -2.59. The highest BCUT2D eigenvalue weighted by Gasteiger charge is 2.62. The zero-order valence-corrected chi connectivity index (χ0v) is 29.3. The lowest BCUT2D eigenvalue weighted by atomic mass is 9.43. The van der Waals surface area contributed by atoms with Crippen molar-refractivity contribution in [1.29, 1.82) is 0 Å². The quantitative estimate of drug-likeness (QED) is 0.136. The van der Waals surface area contributed by atoms with Gasteiger partial charge in [-0.3, -0.25) is 4.79 Å². The molecule has 0 radical (unpaired) electrons. The predicted molar refractivity (Wildman–Crippen MR) is 183 cm³/mol. The molecule has 10 atom stereocenters. The van der Waals surface area contributed by atoms with Crippen LogP contribution in [0.25, 0.3) is 0 Å². The topological polar surface area (TPSA) is 103 Å². The van der Waals surface area contributed by atoms with E-state index in [4.69, 9.17) is 5.73 Å². The van der Waals surface area contributed by atoms with Crippen molar-refractivity contribution in [3.05, 3.63) is 0 Å². The highest BCUT2D eigenvalue weighted by Crippen LogP contribution is 2.68. The molecular weight excluding hydrogens is 546 g/mol. The predicted octanol–water partition coefficient (Wildman–Crippen LogP) is 5.17. The molecule has 4 aliphatic rings. The zero-order valence-electron chi connectivity index (χ0n) is 29.3. The second-order valence-corrected chi connectivity index (χ2v) is 15.9. The van der Waals surface area contributed by atoms with Crippen molar-refractivity contribution in [1.82, 2.24) is 20.9 Å². The van der Waals surface area contributed by atoms with Crippen molar-refractivity contribution in [2.75, 3.05) is 52.4 Å². The summed E-state index contributed by atoms with van der Waals surface area (Å²) in [5, 5.41) is 22.8. The Labute approximate surface area is 271 Å². The molecule has 5 unspecified atom stereocenters. The molecule has 44 heavy (non-hydrogen) atoms. The van der Waals surface area contributed by atoms with Crippen LogP contribution >= 0.6 is 0 Å². The molecular formula is C37H71N5O2. The molecule has 4 rings (SSSR count). The van der Waals surface area contributed by atoms with Crippen LogP contribution < -0.4 is 21.7 Å².